The van der Waals surface area contributed by atoms with E-state index in [2.05, 4.69) is 0 Å². The molecule has 1 aliphatic heterocycles. The number of nitro benzene ring substituents is 1. The fourth-order valence-corrected chi connectivity index (χ4v) is 2.62. The maximum atomic E-state index is 12.5. The predicted octanol–water partition coefficient (Wildman–Crippen LogP) is 3.82. The molecule has 0 aliphatic carbocycles. The summed E-state index contributed by atoms with van der Waals surface area (Å²) in [6.07, 6.45) is 2.24. The van der Waals surface area contributed by atoms with Crippen LogP contribution in [0.15, 0.2) is 48.0 Å². The fraction of sp³-hybridized carbons (Fsp3) is 0.167. The van der Waals surface area contributed by atoms with Gasteiger partial charge in [-0.1, -0.05) is 31.2 Å². The zero-order valence-electron chi connectivity index (χ0n) is 12.6. The zero-order valence-corrected chi connectivity index (χ0v) is 12.6. The Balaban J connectivity index is 1.98. The second kappa shape index (κ2) is 6.04. The average Bonchev–Trinajstić information content (AvgIpc) is 2.57. The number of para-hydroxylation sites is 1. The van der Waals surface area contributed by atoms with Gasteiger partial charge in [-0.3, -0.25) is 14.9 Å². The molecule has 1 aliphatic rings. The summed E-state index contributed by atoms with van der Waals surface area (Å²) in [7, 11) is 0. The third-order valence-corrected chi connectivity index (χ3v) is 3.83. The van der Waals surface area contributed by atoms with Gasteiger partial charge in [0.15, 0.2) is 5.78 Å². The maximum absolute atomic E-state index is 12.5. The molecule has 0 atom stereocenters. The molecule has 0 saturated carbocycles. The lowest BCUT2D eigenvalue weighted by Gasteiger charge is -2.18. The summed E-state index contributed by atoms with van der Waals surface area (Å²) in [6.45, 7) is 2.04. The molecule has 0 saturated heterocycles. The first-order chi connectivity index (χ1) is 11.1. The van der Waals surface area contributed by atoms with Crippen LogP contribution in [0.4, 0.5) is 5.69 Å². The van der Waals surface area contributed by atoms with Gasteiger partial charge < -0.3 is 4.74 Å². The first kappa shape index (κ1) is 15.0. The van der Waals surface area contributed by atoms with Gasteiger partial charge in [0, 0.05) is 17.2 Å². The van der Waals surface area contributed by atoms with Crippen molar-refractivity contribution in [3.63, 3.8) is 0 Å². The minimum atomic E-state index is -0.394. The minimum Gasteiger partial charge on any atom is -0.488 e. The lowest BCUT2D eigenvalue weighted by molar-refractivity contribution is -0.385. The molecule has 116 valence electrons. The van der Waals surface area contributed by atoms with E-state index in [1.165, 1.54) is 6.07 Å². The molecule has 3 rings (SSSR count). The molecule has 0 fully saturated rings. The van der Waals surface area contributed by atoms with Crippen LogP contribution in [0.2, 0.25) is 0 Å². The zero-order chi connectivity index (χ0) is 16.4. The van der Waals surface area contributed by atoms with E-state index in [4.69, 9.17) is 4.74 Å². The van der Waals surface area contributed by atoms with Crippen molar-refractivity contribution >= 4 is 17.5 Å². The first-order valence-electron chi connectivity index (χ1n) is 7.34. The van der Waals surface area contributed by atoms with Crippen LogP contribution in [0.25, 0.3) is 6.08 Å². The SMILES string of the molecule is CCc1ccc(/C=C2/COc3ccccc3C2=O)cc1[N+](=O)[O-]. The van der Waals surface area contributed by atoms with Crippen LogP contribution in [-0.2, 0) is 6.42 Å². The topological polar surface area (TPSA) is 69.4 Å². The summed E-state index contributed by atoms with van der Waals surface area (Å²) in [5, 5.41) is 11.1. The van der Waals surface area contributed by atoms with Crippen molar-refractivity contribution in [3.8, 4) is 5.75 Å². The van der Waals surface area contributed by atoms with Crippen LogP contribution in [0.3, 0.4) is 0 Å². The second-order valence-corrected chi connectivity index (χ2v) is 5.28. The highest BCUT2D eigenvalue weighted by Crippen LogP contribution is 2.28. The Bertz CT molecular complexity index is 824. The van der Waals surface area contributed by atoms with Crippen LogP contribution in [0.5, 0.6) is 5.75 Å². The largest absolute Gasteiger partial charge is 0.488 e. The van der Waals surface area contributed by atoms with Crippen molar-refractivity contribution in [1.29, 1.82) is 0 Å². The number of ether oxygens (including phenoxy) is 1. The Labute approximate surface area is 133 Å². The van der Waals surface area contributed by atoms with Crippen LogP contribution in [0.1, 0.15) is 28.4 Å². The van der Waals surface area contributed by atoms with Gasteiger partial charge >= 0.3 is 0 Å². The van der Waals surface area contributed by atoms with E-state index in [9.17, 15) is 14.9 Å². The number of nitro groups is 1. The smallest absolute Gasteiger partial charge is 0.273 e. The standard InChI is InChI=1S/C18H15NO4/c1-2-13-8-7-12(10-16(13)19(21)22)9-14-11-23-17-6-4-3-5-15(17)18(14)20/h3-10H,2,11H2,1H3/b14-9-. The van der Waals surface area contributed by atoms with Gasteiger partial charge in [-0.25, -0.2) is 0 Å². The van der Waals surface area contributed by atoms with Gasteiger partial charge in [-0.2, -0.15) is 0 Å². The van der Waals surface area contributed by atoms with E-state index in [0.717, 1.165) is 0 Å². The molecule has 0 spiro atoms. The van der Waals surface area contributed by atoms with Crippen LogP contribution in [0, 0.1) is 10.1 Å². The number of carbonyl (C=O) groups excluding carboxylic acids is 1. The molecule has 2 aromatic rings. The number of fused-ring (bicyclic) bond motifs is 1. The summed E-state index contributed by atoms with van der Waals surface area (Å²) < 4.78 is 5.58. The lowest BCUT2D eigenvalue weighted by atomic mass is 9.97. The van der Waals surface area contributed by atoms with Crippen molar-refractivity contribution in [2.75, 3.05) is 6.61 Å². The summed E-state index contributed by atoms with van der Waals surface area (Å²) in [4.78, 5) is 23.2. The van der Waals surface area contributed by atoms with E-state index >= 15 is 0 Å². The van der Waals surface area contributed by atoms with E-state index in [-0.39, 0.29) is 18.1 Å². The van der Waals surface area contributed by atoms with Gasteiger partial charge in [0.05, 0.1) is 10.5 Å². The third-order valence-electron chi connectivity index (χ3n) is 3.83. The average molecular weight is 309 g/mol. The molecule has 0 N–H and O–H groups in total. The molecule has 5 nitrogen and oxygen atoms in total. The normalized spacial score (nSPS) is 15.2. The van der Waals surface area contributed by atoms with Gasteiger partial charge in [0.1, 0.15) is 12.4 Å². The highest BCUT2D eigenvalue weighted by molar-refractivity contribution is 6.14. The van der Waals surface area contributed by atoms with Crippen LogP contribution >= 0.6 is 0 Å². The van der Waals surface area contributed by atoms with E-state index < -0.39 is 4.92 Å². The van der Waals surface area contributed by atoms with Crippen molar-refractivity contribution in [2.45, 2.75) is 13.3 Å². The molecule has 0 radical (unpaired) electrons. The van der Waals surface area contributed by atoms with E-state index in [1.54, 1.807) is 36.4 Å². The maximum Gasteiger partial charge on any atom is 0.273 e. The molecule has 0 bridgehead atoms. The Morgan fingerprint density at radius 2 is 2.04 bits per heavy atom. The van der Waals surface area contributed by atoms with Crippen LogP contribution in [-0.4, -0.2) is 17.3 Å². The van der Waals surface area contributed by atoms with E-state index in [0.29, 0.717) is 34.4 Å². The van der Waals surface area contributed by atoms with Crippen molar-refractivity contribution < 1.29 is 14.5 Å². The molecule has 0 aromatic heterocycles. The van der Waals surface area contributed by atoms with Crippen molar-refractivity contribution in [3.05, 3.63) is 74.8 Å². The molecule has 23 heavy (non-hydrogen) atoms. The number of ketones is 1. The van der Waals surface area contributed by atoms with Crippen LogP contribution < -0.4 is 4.74 Å². The van der Waals surface area contributed by atoms with Crippen molar-refractivity contribution in [1.82, 2.24) is 0 Å². The predicted molar refractivity (Wildman–Crippen MR) is 86.7 cm³/mol. The Morgan fingerprint density at radius 1 is 1.26 bits per heavy atom. The highest BCUT2D eigenvalue weighted by atomic mass is 16.6. The van der Waals surface area contributed by atoms with Gasteiger partial charge in [-0.05, 0) is 30.2 Å². The second-order valence-electron chi connectivity index (χ2n) is 5.28. The molecule has 2 aromatic carbocycles. The summed E-state index contributed by atoms with van der Waals surface area (Å²) >= 11 is 0. The first-order valence-corrected chi connectivity index (χ1v) is 7.34. The summed E-state index contributed by atoms with van der Waals surface area (Å²) in [6, 6.07) is 12.1. The minimum absolute atomic E-state index is 0.0754. The number of hydrogen-bond acceptors (Lipinski definition) is 4. The number of carbonyl (C=O) groups is 1. The number of rotatable bonds is 3. The number of nitrogens with zero attached hydrogens (tertiary/aromatic N) is 1. The molecule has 0 amide bonds. The highest BCUT2D eigenvalue weighted by Gasteiger charge is 2.23. The molecule has 5 heteroatoms. The lowest BCUT2D eigenvalue weighted by Crippen LogP contribution is -2.18. The quantitative estimate of drug-likeness (QED) is 0.491. The summed E-state index contributed by atoms with van der Waals surface area (Å²) in [5.74, 6) is 0.469. The summed E-state index contributed by atoms with van der Waals surface area (Å²) in [5.41, 5.74) is 2.38. The Hall–Kier alpha value is -2.95. The Morgan fingerprint density at radius 3 is 2.78 bits per heavy atom. The third kappa shape index (κ3) is 2.85. The van der Waals surface area contributed by atoms with Crippen molar-refractivity contribution in [2.24, 2.45) is 0 Å². The molecule has 1 heterocycles. The number of hydrogen-bond donors (Lipinski definition) is 0. The molecular formula is C18H15NO4. The number of benzene rings is 2. The Kier molecular flexibility index (Phi) is 3.93. The van der Waals surface area contributed by atoms with Gasteiger partial charge in [0.2, 0.25) is 0 Å². The number of Topliss-reactive ketones (excluding diaryl/α,β-unsaturated/α-hetero) is 1. The van der Waals surface area contributed by atoms with Gasteiger partial charge in [-0.15, -0.1) is 0 Å². The number of aryl methyl sites for hydroxylation is 1. The monoisotopic (exact) mass is 309 g/mol. The fourth-order valence-electron chi connectivity index (χ4n) is 2.62. The molecule has 0 unspecified atom stereocenters. The molecular weight excluding hydrogens is 294 g/mol. The van der Waals surface area contributed by atoms with E-state index in [1.807, 2.05) is 13.0 Å². The van der Waals surface area contributed by atoms with Gasteiger partial charge in [0.25, 0.3) is 5.69 Å².